The van der Waals surface area contributed by atoms with E-state index in [0.717, 1.165) is 22.5 Å². The second-order valence-corrected chi connectivity index (χ2v) is 10.1. The minimum Gasteiger partial charge on any atom is -0.493 e. The Hall–Kier alpha value is -3.99. The first kappa shape index (κ1) is 28.0. The van der Waals surface area contributed by atoms with Gasteiger partial charge in [-0.3, -0.25) is 14.9 Å². The van der Waals surface area contributed by atoms with Crippen LogP contribution in [0.4, 0.5) is 5.13 Å². The van der Waals surface area contributed by atoms with Gasteiger partial charge in [-0.1, -0.05) is 58.3 Å². The van der Waals surface area contributed by atoms with Gasteiger partial charge in [0.05, 0.1) is 19.7 Å². The maximum absolute atomic E-state index is 12.3. The van der Waals surface area contributed by atoms with Gasteiger partial charge in [-0.05, 0) is 55.0 Å². The lowest BCUT2D eigenvalue weighted by Crippen LogP contribution is -2.19. The lowest BCUT2D eigenvalue weighted by molar-refractivity contribution is -0.120. The zero-order chi connectivity index (χ0) is 27.8. The summed E-state index contributed by atoms with van der Waals surface area (Å²) in [5.41, 5.74) is 5.48. The minimum atomic E-state index is -0.384. The number of rotatable bonds is 10. The molecule has 9 nitrogen and oxygen atoms in total. The highest BCUT2D eigenvalue weighted by atomic mass is 35.5. The van der Waals surface area contributed by atoms with Crippen LogP contribution in [0.3, 0.4) is 0 Å². The Morgan fingerprint density at radius 1 is 1.03 bits per heavy atom. The lowest BCUT2D eigenvalue weighted by Gasteiger charge is -2.12. The quantitative estimate of drug-likeness (QED) is 0.183. The van der Waals surface area contributed by atoms with Crippen LogP contribution in [-0.4, -0.2) is 35.3 Å². The summed E-state index contributed by atoms with van der Waals surface area (Å²) < 4.78 is 11.3. The number of hydrogen-bond donors (Lipinski definition) is 2. The summed E-state index contributed by atoms with van der Waals surface area (Å²) >= 11 is 13.3. The molecule has 0 saturated carbocycles. The molecule has 1 heterocycles. The fourth-order valence-electron chi connectivity index (χ4n) is 3.28. The van der Waals surface area contributed by atoms with E-state index in [1.807, 2.05) is 19.1 Å². The summed E-state index contributed by atoms with van der Waals surface area (Å²) in [7, 11) is 1.53. The fraction of sp³-hybridized carbons (Fsp3) is 0.148. The normalized spacial score (nSPS) is 10.9. The van der Waals surface area contributed by atoms with E-state index in [0.29, 0.717) is 42.8 Å². The maximum atomic E-state index is 12.3. The van der Waals surface area contributed by atoms with Crippen LogP contribution in [0.5, 0.6) is 11.5 Å². The fourth-order valence-corrected chi connectivity index (χ4v) is 4.48. The number of hydrazone groups is 1. The molecule has 0 saturated heterocycles. The SMILES string of the molecule is COc1cc(/C=N/NC(=O)Cc2nnc(NC(=O)c3ccc(C)cc3)s2)ccc1OCc1ccc(Cl)cc1Cl. The molecule has 0 aliphatic heterocycles. The number of carbonyl (C=O) groups is 2. The van der Waals surface area contributed by atoms with E-state index in [1.165, 1.54) is 13.3 Å². The molecule has 2 N–H and O–H groups in total. The Morgan fingerprint density at radius 3 is 2.56 bits per heavy atom. The first-order valence-corrected chi connectivity index (χ1v) is 13.1. The summed E-state index contributed by atoms with van der Waals surface area (Å²) in [5.74, 6) is 0.327. The average molecular weight is 584 g/mol. The third kappa shape index (κ3) is 8.00. The lowest BCUT2D eigenvalue weighted by atomic mass is 10.1. The second kappa shape index (κ2) is 13.2. The van der Waals surface area contributed by atoms with Crippen LogP contribution in [-0.2, 0) is 17.8 Å². The highest BCUT2D eigenvalue weighted by Crippen LogP contribution is 2.30. The number of benzene rings is 3. The number of methoxy groups -OCH3 is 1. The van der Waals surface area contributed by atoms with Gasteiger partial charge >= 0.3 is 0 Å². The third-order valence-corrected chi connectivity index (χ3v) is 6.73. The Bertz CT molecular complexity index is 1510. The smallest absolute Gasteiger partial charge is 0.257 e. The number of aromatic nitrogens is 2. The Balaban J connectivity index is 1.28. The van der Waals surface area contributed by atoms with Gasteiger partial charge in [0, 0.05) is 21.2 Å². The molecule has 0 unspecified atom stereocenters. The van der Waals surface area contributed by atoms with Crippen molar-refractivity contribution in [1.29, 1.82) is 0 Å². The van der Waals surface area contributed by atoms with Crippen LogP contribution in [0.15, 0.2) is 65.8 Å². The Morgan fingerprint density at radius 2 is 1.82 bits per heavy atom. The van der Waals surface area contributed by atoms with Crippen molar-refractivity contribution in [2.45, 2.75) is 20.0 Å². The molecule has 0 aliphatic rings. The topological polar surface area (TPSA) is 115 Å². The van der Waals surface area contributed by atoms with Gasteiger partial charge in [0.25, 0.3) is 5.91 Å². The highest BCUT2D eigenvalue weighted by Gasteiger charge is 2.13. The summed E-state index contributed by atoms with van der Waals surface area (Å²) in [6, 6.07) is 17.6. The molecule has 3 aromatic carbocycles. The molecule has 4 rings (SSSR count). The number of aryl methyl sites for hydroxylation is 1. The van der Waals surface area contributed by atoms with E-state index in [1.54, 1.807) is 48.5 Å². The molecule has 200 valence electrons. The predicted octanol–water partition coefficient (Wildman–Crippen LogP) is 5.69. The number of nitrogens with one attached hydrogen (secondary N) is 2. The Labute approximate surface area is 238 Å². The molecular weight excluding hydrogens is 561 g/mol. The zero-order valence-corrected chi connectivity index (χ0v) is 23.2. The molecule has 0 spiro atoms. The molecule has 0 aliphatic carbocycles. The summed E-state index contributed by atoms with van der Waals surface area (Å²) in [5, 5.41) is 16.4. The van der Waals surface area contributed by atoms with Crippen LogP contribution >= 0.6 is 34.5 Å². The average Bonchev–Trinajstić information content (AvgIpc) is 3.35. The van der Waals surface area contributed by atoms with Gasteiger partial charge in [-0.2, -0.15) is 5.10 Å². The van der Waals surface area contributed by atoms with E-state index in [9.17, 15) is 9.59 Å². The maximum Gasteiger partial charge on any atom is 0.257 e. The van der Waals surface area contributed by atoms with E-state index in [4.69, 9.17) is 32.7 Å². The van der Waals surface area contributed by atoms with Crippen molar-refractivity contribution in [3.63, 3.8) is 0 Å². The first-order chi connectivity index (χ1) is 18.8. The molecule has 39 heavy (non-hydrogen) atoms. The minimum absolute atomic E-state index is 0.0429. The summed E-state index contributed by atoms with van der Waals surface area (Å²) in [6.45, 7) is 2.18. The van der Waals surface area contributed by atoms with E-state index in [2.05, 4.69) is 26.0 Å². The number of nitrogens with zero attached hydrogens (tertiary/aromatic N) is 3. The Kier molecular flexibility index (Phi) is 9.48. The number of anilines is 1. The zero-order valence-electron chi connectivity index (χ0n) is 20.9. The molecule has 0 radical (unpaired) electrons. The third-order valence-electron chi connectivity index (χ3n) is 5.30. The van der Waals surface area contributed by atoms with Gasteiger partial charge in [-0.25, -0.2) is 5.43 Å². The second-order valence-electron chi connectivity index (χ2n) is 8.23. The number of amides is 2. The van der Waals surface area contributed by atoms with Gasteiger partial charge in [0.1, 0.15) is 11.6 Å². The molecule has 1 aromatic heterocycles. The van der Waals surface area contributed by atoms with Gasteiger partial charge in [0.15, 0.2) is 11.5 Å². The van der Waals surface area contributed by atoms with Crippen molar-refractivity contribution in [3.05, 3.63) is 98.0 Å². The van der Waals surface area contributed by atoms with Crippen molar-refractivity contribution < 1.29 is 19.1 Å². The van der Waals surface area contributed by atoms with Gasteiger partial charge in [0.2, 0.25) is 11.0 Å². The molecular formula is C27H23Cl2N5O4S. The van der Waals surface area contributed by atoms with Gasteiger partial charge < -0.3 is 9.47 Å². The van der Waals surface area contributed by atoms with Crippen molar-refractivity contribution >= 4 is 57.7 Å². The number of ether oxygens (including phenoxy) is 2. The van der Waals surface area contributed by atoms with Crippen LogP contribution in [0.25, 0.3) is 0 Å². The largest absolute Gasteiger partial charge is 0.493 e. The summed E-state index contributed by atoms with van der Waals surface area (Å²) in [4.78, 5) is 24.6. The molecule has 4 aromatic rings. The van der Waals surface area contributed by atoms with Crippen LogP contribution in [0, 0.1) is 6.92 Å². The molecule has 2 amide bonds. The van der Waals surface area contributed by atoms with Gasteiger partial charge in [-0.15, -0.1) is 10.2 Å². The van der Waals surface area contributed by atoms with Crippen LogP contribution in [0.1, 0.15) is 32.1 Å². The number of halogens is 2. The van der Waals surface area contributed by atoms with Crippen molar-refractivity contribution in [2.75, 3.05) is 12.4 Å². The van der Waals surface area contributed by atoms with E-state index >= 15 is 0 Å². The monoisotopic (exact) mass is 583 g/mol. The van der Waals surface area contributed by atoms with Crippen molar-refractivity contribution in [3.8, 4) is 11.5 Å². The van der Waals surface area contributed by atoms with E-state index < -0.39 is 0 Å². The molecule has 0 atom stereocenters. The van der Waals surface area contributed by atoms with Crippen LogP contribution < -0.4 is 20.2 Å². The number of hydrogen-bond acceptors (Lipinski definition) is 8. The first-order valence-electron chi connectivity index (χ1n) is 11.6. The molecule has 0 fully saturated rings. The van der Waals surface area contributed by atoms with Crippen LogP contribution in [0.2, 0.25) is 10.0 Å². The summed E-state index contributed by atoms with van der Waals surface area (Å²) in [6.07, 6.45) is 1.44. The van der Waals surface area contributed by atoms with E-state index in [-0.39, 0.29) is 24.8 Å². The standard InChI is InChI=1S/C27H23Cl2N5O4S/c1-16-3-6-18(7-4-16)26(36)31-27-34-33-25(39-27)13-24(35)32-30-14-17-5-10-22(23(11-17)37-2)38-15-19-8-9-20(28)12-21(19)29/h3-12,14H,13,15H2,1-2H3,(H,32,35)(H,31,34,36)/b30-14+. The molecule has 12 heteroatoms. The predicted molar refractivity (Wildman–Crippen MR) is 152 cm³/mol. The van der Waals surface area contributed by atoms with Crippen molar-refractivity contribution in [2.24, 2.45) is 5.10 Å². The highest BCUT2D eigenvalue weighted by molar-refractivity contribution is 7.15. The van der Waals surface area contributed by atoms with Crippen molar-refractivity contribution in [1.82, 2.24) is 15.6 Å². The molecule has 0 bridgehead atoms. The number of carbonyl (C=O) groups excluding carboxylic acids is 2.